The molecule has 0 amide bonds. The van der Waals surface area contributed by atoms with Crippen LogP contribution >= 0.6 is 0 Å². The molecule has 1 N–H and O–H groups in total. The molecule has 4 rings (SSSR count). The summed E-state index contributed by atoms with van der Waals surface area (Å²) >= 11 is 0. The summed E-state index contributed by atoms with van der Waals surface area (Å²) < 4.78 is 0. The van der Waals surface area contributed by atoms with Crippen LogP contribution in [0.15, 0.2) is 4.79 Å². The van der Waals surface area contributed by atoms with Crippen LogP contribution in [0.3, 0.4) is 0 Å². The summed E-state index contributed by atoms with van der Waals surface area (Å²) in [4.78, 5) is 20.1. The minimum atomic E-state index is 0.154. The van der Waals surface area contributed by atoms with Gasteiger partial charge >= 0.3 is 0 Å². The van der Waals surface area contributed by atoms with E-state index in [1.807, 2.05) is 0 Å². The first-order valence-corrected chi connectivity index (χ1v) is 7.45. The number of nitrogens with zero attached hydrogens (tertiary/aromatic N) is 1. The molecular weight excluding hydrogens is 224 g/mol. The molecule has 96 valence electrons. The number of hydrogen-bond donors (Lipinski definition) is 1. The lowest BCUT2D eigenvalue weighted by atomic mass is 9.94. The number of rotatable bonds is 3. The molecule has 2 fully saturated rings. The minimum Gasteiger partial charge on any atom is -0.310 e. The molecule has 0 radical (unpaired) electrons. The van der Waals surface area contributed by atoms with Crippen LogP contribution in [-0.2, 0) is 12.8 Å². The normalized spacial score (nSPS) is 23.2. The lowest BCUT2D eigenvalue weighted by molar-refractivity contribution is 0.499. The fourth-order valence-electron chi connectivity index (χ4n) is 3.52. The number of aryl methyl sites for hydroxylation is 1. The van der Waals surface area contributed by atoms with Crippen LogP contribution in [0.5, 0.6) is 0 Å². The largest absolute Gasteiger partial charge is 0.310 e. The molecule has 1 aromatic rings. The van der Waals surface area contributed by atoms with Gasteiger partial charge in [0.1, 0.15) is 5.82 Å². The van der Waals surface area contributed by atoms with Gasteiger partial charge in [0.25, 0.3) is 5.56 Å². The summed E-state index contributed by atoms with van der Waals surface area (Å²) in [6, 6.07) is 0. The van der Waals surface area contributed by atoms with Gasteiger partial charge in [-0.15, -0.1) is 0 Å². The number of hydrogen-bond acceptors (Lipinski definition) is 2. The average molecular weight is 244 g/mol. The standard InChI is InChI=1S/C15H20N2O/c18-15-11-3-1-2-4-12(11)16-14(17-15)13(9-5-6-9)10-7-8-10/h9-10,13H,1-8H2,(H,16,17,18). The van der Waals surface area contributed by atoms with Crippen molar-refractivity contribution in [2.45, 2.75) is 57.3 Å². The predicted molar refractivity (Wildman–Crippen MR) is 69.7 cm³/mol. The Hall–Kier alpha value is -1.12. The van der Waals surface area contributed by atoms with Gasteiger partial charge < -0.3 is 4.98 Å². The summed E-state index contributed by atoms with van der Waals surface area (Å²) in [5.41, 5.74) is 2.22. The van der Waals surface area contributed by atoms with Gasteiger partial charge in [-0.2, -0.15) is 0 Å². The Morgan fingerprint density at radius 1 is 1.06 bits per heavy atom. The Balaban J connectivity index is 1.75. The van der Waals surface area contributed by atoms with Crippen molar-refractivity contribution in [3.63, 3.8) is 0 Å². The van der Waals surface area contributed by atoms with E-state index in [4.69, 9.17) is 4.98 Å². The number of fused-ring (bicyclic) bond motifs is 1. The molecule has 3 nitrogen and oxygen atoms in total. The first-order valence-electron chi connectivity index (χ1n) is 7.45. The molecule has 0 spiro atoms. The zero-order valence-corrected chi connectivity index (χ0v) is 10.7. The van der Waals surface area contributed by atoms with Crippen LogP contribution in [-0.4, -0.2) is 9.97 Å². The van der Waals surface area contributed by atoms with Gasteiger partial charge in [-0.05, 0) is 63.2 Å². The van der Waals surface area contributed by atoms with Crippen molar-refractivity contribution >= 4 is 0 Å². The maximum atomic E-state index is 12.2. The predicted octanol–water partition coefficient (Wildman–Crippen LogP) is 2.55. The number of H-pyrrole nitrogens is 1. The highest BCUT2D eigenvalue weighted by atomic mass is 16.1. The number of nitrogens with one attached hydrogen (secondary N) is 1. The van der Waals surface area contributed by atoms with Crippen molar-refractivity contribution in [1.82, 2.24) is 9.97 Å². The van der Waals surface area contributed by atoms with Crippen LogP contribution in [0, 0.1) is 11.8 Å². The lowest BCUT2D eigenvalue weighted by Crippen LogP contribution is -2.25. The average Bonchev–Trinajstić information content (AvgIpc) is 3.24. The monoisotopic (exact) mass is 244 g/mol. The Morgan fingerprint density at radius 3 is 2.39 bits per heavy atom. The fraction of sp³-hybridized carbons (Fsp3) is 0.733. The Kier molecular flexibility index (Phi) is 2.36. The van der Waals surface area contributed by atoms with E-state index in [0.717, 1.165) is 48.2 Å². The van der Waals surface area contributed by atoms with Crippen molar-refractivity contribution in [2.24, 2.45) is 11.8 Å². The van der Waals surface area contributed by atoms with Crippen LogP contribution in [0.25, 0.3) is 0 Å². The second-order valence-corrected chi connectivity index (χ2v) is 6.28. The molecule has 0 aliphatic heterocycles. The van der Waals surface area contributed by atoms with Crippen LogP contribution < -0.4 is 5.56 Å². The zero-order valence-electron chi connectivity index (χ0n) is 10.7. The van der Waals surface area contributed by atoms with E-state index in [-0.39, 0.29) is 5.56 Å². The highest BCUT2D eigenvalue weighted by Gasteiger charge is 2.43. The van der Waals surface area contributed by atoms with Crippen molar-refractivity contribution in [3.05, 3.63) is 27.4 Å². The molecule has 3 heteroatoms. The molecule has 0 bridgehead atoms. The third-order valence-electron chi connectivity index (χ3n) is 4.79. The Morgan fingerprint density at radius 2 is 1.72 bits per heavy atom. The molecule has 2 saturated carbocycles. The van der Waals surface area contributed by atoms with Gasteiger partial charge in [0.2, 0.25) is 0 Å². The molecule has 18 heavy (non-hydrogen) atoms. The Bertz CT molecular complexity index is 514. The molecule has 3 aliphatic rings. The van der Waals surface area contributed by atoms with E-state index < -0.39 is 0 Å². The summed E-state index contributed by atoms with van der Waals surface area (Å²) in [5.74, 6) is 3.19. The fourth-order valence-corrected chi connectivity index (χ4v) is 3.52. The van der Waals surface area contributed by atoms with Gasteiger partial charge in [-0.3, -0.25) is 4.79 Å². The van der Waals surface area contributed by atoms with E-state index in [9.17, 15) is 4.79 Å². The van der Waals surface area contributed by atoms with Crippen molar-refractivity contribution in [3.8, 4) is 0 Å². The smallest absolute Gasteiger partial charge is 0.254 e. The third kappa shape index (κ3) is 1.80. The number of aromatic nitrogens is 2. The van der Waals surface area contributed by atoms with Crippen molar-refractivity contribution in [1.29, 1.82) is 0 Å². The second-order valence-electron chi connectivity index (χ2n) is 6.28. The molecule has 0 atom stereocenters. The topological polar surface area (TPSA) is 45.8 Å². The Labute approximate surface area is 107 Å². The van der Waals surface area contributed by atoms with Gasteiger partial charge in [-0.1, -0.05) is 0 Å². The first kappa shape index (κ1) is 10.8. The molecule has 3 aliphatic carbocycles. The summed E-state index contributed by atoms with van der Waals surface area (Å²) in [6.07, 6.45) is 9.61. The maximum Gasteiger partial charge on any atom is 0.254 e. The molecule has 0 aromatic carbocycles. The second kappa shape index (κ2) is 3.94. The zero-order chi connectivity index (χ0) is 12.1. The van der Waals surface area contributed by atoms with Crippen LogP contribution in [0.1, 0.15) is 61.5 Å². The quantitative estimate of drug-likeness (QED) is 0.888. The van der Waals surface area contributed by atoms with Crippen molar-refractivity contribution < 1.29 is 0 Å². The highest BCUT2D eigenvalue weighted by molar-refractivity contribution is 5.23. The molecule has 1 aromatic heterocycles. The van der Waals surface area contributed by atoms with E-state index in [1.54, 1.807) is 0 Å². The summed E-state index contributed by atoms with van der Waals surface area (Å²) in [7, 11) is 0. The van der Waals surface area contributed by atoms with E-state index in [1.165, 1.54) is 32.1 Å². The lowest BCUT2D eigenvalue weighted by Gasteiger charge is -2.19. The van der Waals surface area contributed by atoms with Crippen molar-refractivity contribution in [2.75, 3.05) is 0 Å². The molecule has 0 unspecified atom stereocenters. The van der Waals surface area contributed by atoms with Crippen LogP contribution in [0.4, 0.5) is 0 Å². The molecule has 0 saturated heterocycles. The number of aromatic amines is 1. The van der Waals surface area contributed by atoms with Crippen LogP contribution in [0.2, 0.25) is 0 Å². The SMILES string of the molecule is O=c1[nH]c(C(C2CC2)C2CC2)nc2c1CCCC2. The van der Waals surface area contributed by atoms with Gasteiger partial charge in [-0.25, -0.2) is 4.98 Å². The minimum absolute atomic E-state index is 0.154. The first-order chi connectivity index (χ1) is 8.83. The van der Waals surface area contributed by atoms with Gasteiger partial charge in [0, 0.05) is 11.5 Å². The molecule has 1 heterocycles. The van der Waals surface area contributed by atoms with E-state index in [2.05, 4.69) is 4.98 Å². The summed E-state index contributed by atoms with van der Waals surface area (Å²) in [5, 5.41) is 0. The maximum absolute atomic E-state index is 12.2. The highest BCUT2D eigenvalue weighted by Crippen LogP contribution is 2.53. The van der Waals surface area contributed by atoms with Gasteiger partial charge in [0.15, 0.2) is 0 Å². The van der Waals surface area contributed by atoms with Gasteiger partial charge in [0.05, 0.1) is 5.69 Å². The van der Waals surface area contributed by atoms with E-state index in [0.29, 0.717) is 5.92 Å². The third-order valence-corrected chi connectivity index (χ3v) is 4.79. The molecular formula is C15H20N2O. The summed E-state index contributed by atoms with van der Waals surface area (Å²) in [6.45, 7) is 0. The van der Waals surface area contributed by atoms with E-state index >= 15 is 0 Å².